The molecule has 0 amide bonds. The van der Waals surface area contributed by atoms with E-state index in [9.17, 15) is 9.59 Å². The second-order valence-electron chi connectivity index (χ2n) is 5.99. The van der Waals surface area contributed by atoms with Gasteiger partial charge in [-0.1, -0.05) is 45.6 Å². The van der Waals surface area contributed by atoms with Crippen LogP contribution in [0.25, 0.3) is 0 Å². The number of carbonyl (C=O) groups excluding carboxylic acids is 2. The maximum absolute atomic E-state index is 11.9. The lowest BCUT2D eigenvalue weighted by molar-refractivity contribution is -0.151. The van der Waals surface area contributed by atoms with E-state index in [1.165, 1.54) is 25.7 Å². The van der Waals surface area contributed by atoms with Crippen molar-refractivity contribution in [3.05, 3.63) is 12.2 Å². The number of rotatable bonds is 11. The fraction of sp³-hybridized carbons (Fsp3) is 0.778. The Morgan fingerprint density at radius 1 is 1.09 bits per heavy atom. The molecular formula is C18H30O5. The van der Waals surface area contributed by atoms with E-state index >= 15 is 0 Å². The van der Waals surface area contributed by atoms with Crippen molar-refractivity contribution in [1.29, 1.82) is 0 Å². The molecule has 1 aliphatic rings. The summed E-state index contributed by atoms with van der Waals surface area (Å²) in [5.41, 5.74) is 0.157. The van der Waals surface area contributed by atoms with Crippen LogP contribution < -0.4 is 0 Å². The minimum atomic E-state index is -0.506. The zero-order valence-electron chi connectivity index (χ0n) is 14.3. The highest BCUT2D eigenvalue weighted by molar-refractivity contribution is 5.93. The van der Waals surface area contributed by atoms with Crippen molar-refractivity contribution in [2.24, 2.45) is 0 Å². The minimum Gasteiger partial charge on any atom is -0.465 e. The second kappa shape index (κ2) is 12.1. The minimum absolute atomic E-state index is 0.0993. The maximum atomic E-state index is 11.9. The topological polar surface area (TPSA) is 61.8 Å². The van der Waals surface area contributed by atoms with Crippen molar-refractivity contribution in [2.45, 2.75) is 70.8 Å². The highest BCUT2D eigenvalue weighted by atomic mass is 16.6. The Morgan fingerprint density at radius 2 is 1.74 bits per heavy atom. The molecule has 0 aliphatic carbocycles. The third kappa shape index (κ3) is 9.39. The molecule has 0 atom stereocenters. The van der Waals surface area contributed by atoms with Gasteiger partial charge in [-0.05, 0) is 6.42 Å². The van der Waals surface area contributed by atoms with E-state index < -0.39 is 11.9 Å². The molecule has 1 rings (SSSR count). The quantitative estimate of drug-likeness (QED) is 0.330. The van der Waals surface area contributed by atoms with Gasteiger partial charge in [0.25, 0.3) is 0 Å². The molecule has 0 unspecified atom stereocenters. The van der Waals surface area contributed by atoms with Gasteiger partial charge in [-0.25, -0.2) is 4.79 Å². The Bertz CT molecular complexity index is 372. The summed E-state index contributed by atoms with van der Waals surface area (Å²) >= 11 is 0. The molecule has 0 aromatic rings. The zero-order chi connectivity index (χ0) is 16.9. The molecule has 0 N–H and O–H groups in total. The first-order valence-corrected chi connectivity index (χ1v) is 8.75. The van der Waals surface area contributed by atoms with Crippen molar-refractivity contribution in [3.63, 3.8) is 0 Å². The standard InChI is InChI=1S/C18H30O5/c1-3-4-5-6-7-8-11-22-17(19)14-15(2)18(20)23-16-9-12-21-13-10-16/h16H,2-14H2,1H3. The Kier molecular flexibility index (Phi) is 10.4. The average Bonchev–Trinajstić information content (AvgIpc) is 2.55. The van der Waals surface area contributed by atoms with E-state index in [0.29, 0.717) is 32.7 Å². The van der Waals surface area contributed by atoms with Gasteiger partial charge in [-0.3, -0.25) is 4.79 Å². The first kappa shape index (κ1) is 19.7. The van der Waals surface area contributed by atoms with Crippen LogP contribution in [0.3, 0.4) is 0 Å². The Hall–Kier alpha value is -1.36. The average molecular weight is 326 g/mol. The van der Waals surface area contributed by atoms with Crippen LogP contribution in [-0.2, 0) is 23.8 Å². The summed E-state index contributed by atoms with van der Waals surface area (Å²) in [5.74, 6) is -0.916. The lowest BCUT2D eigenvalue weighted by Gasteiger charge is -2.22. The molecule has 5 heteroatoms. The van der Waals surface area contributed by atoms with Crippen LogP contribution in [0, 0.1) is 0 Å². The van der Waals surface area contributed by atoms with Crippen molar-refractivity contribution in [1.82, 2.24) is 0 Å². The van der Waals surface area contributed by atoms with Gasteiger partial charge in [0.15, 0.2) is 0 Å². The van der Waals surface area contributed by atoms with Crippen molar-refractivity contribution >= 4 is 11.9 Å². The Labute approximate surface area is 139 Å². The number of carbonyl (C=O) groups is 2. The zero-order valence-corrected chi connectivity index (χ0v) is 14.3. The van der Waals surface area contributed by atoms with Crippen molar-refractivity contribution in [3.8, 4) is 0 Å². The molecule has 1 fully saturated rings. The van der Waals surface area contributed by atoms with Gasteiger partial charge < -0.3 is 14.2 Å². The monoisotopic (exact) mass is 326 g/mol. The van der Waals surface area contributed by atoms with Crippen molar-refractivity contribution < 1.29 is 23.8 Å². The Morgan fingerprint density at radius 3 is 2.43 bits per heavy atom. The molecule has 0 spiro atoms. The predicted octanol–water partition coefficient (Wildman–Crippen LogP) is 3.56. The summed E-state index contributed by atoms with van der Waals surface area (Å²) in [7, 11) is 0. The van der Waals surface area contributed by atoms with E-state index in [0.717, 1.165) is 12.8 Å². The molecule has 0 aromatic carbocycles. The third-order valence-electron chi connectivity index (χ3n) is 3.85. The molecule has 132 valence electrons. The van der Waals surface area contributed by atoms with Gasteiger partial charge in [-0.2, -0.15) is 0 Å². The SMILES string of the molecule is C=C(CC(=O)OCCCCCCCC)C(=O)OC1CCOCC1. The molecule has 1 saturated heterocycles. The highest BCUT2D eigenvalue weighted by Crippen LogP contribution is 2.14. The number of ether oxygens (including phenoxy) is 3. The first-order chi connectivity index (χ1) is 11.1. The van der Waals surface area contributed by atoms with E-state index in [-0.39, 0.29) is 18.1 Å². The molecule has 0 radical (unpaired) electrons. The molecule has 1 aliphatic heterocycles. The maximum Gasteiger partial charge on any atom is 0.334 e. The van der Waals surface area contributed by atoms with Crippen LogP contribution in [0.4, 0.5) is 0 Å². The van der Waals surface area contributed by atoms with Gasteiger partial charge in [-0.15, -0.1) is 0 Å². The van der Waals surface area contributed by atoms with E-state index in [2.05, 4.69) is 13.5 Å². The van der Waals surface area contributed by atoms with Crippen LogP contribution in [0.15, 0.2) is 12.2 Å². The fourth-order valence-electron chi connectivity index (χ4n) is 2.39. The van der Waals surface area contributed by atoms with E-state index in [1.807, 2.05) is 0 Å². The summed E-state index contributed by atoms with van der Waals surface area (Å²) in [4.78, 5) is 23.5. The normalized spacial score (nSPS) is 15.2. The van der Waals surface area contributed by atoms with Gasteiger partial charge >= 0.3 is 11.9 Å². The smallest absolute Gasteiger partial charge is 0.334 e. The summed E-state index contributed by atoms with van der Waals surface area (Å²) in [6.07, 6.45) is 7.99. The van der Waals surface area contributed by atoms with E-state index in [1.54, 1.807) is 0 Å². The Balaban J connectivity index is 2.08. The fourth-order valence-corrected chi connectivity index (χ4v) is 2.39. The molecule has 0 aromatic heterocycles. The highest BCUT2D eigenvalue weighted by Gasteiger charge is 2.21. The van der Waals surface area contributed by atoms with Crippen LogP contribution in [-0.4, -0.2) is 37.9 Å². The first-order valence-electron chi connectivity index (χ1n) is 8.75. The van der Waals surface area contributed by atoms with Crippen LogP contribution in [0.1, 0.15) is 64.7 Å². The number of unbranched alkanes of at least 4 members (excludes halogenated alkanes) is 5. The summed E-state index contributed by atoms with van der Waals surface area (Å²) < 4.78 is 15.6. The van der Waals surface area contributed by atoms with Gasteiger partial charge in [0, 0.05) is 18.4 Å². The molecule has 23 heavy (non-hydrogen) atoms. The van der Waals surface area contributed by atoms with Gasteiger partial charge in [0.05, 0.1) is 26.2 Å². The predicted molar refractivity (Wildman–Crippen MR) is 88.0 cm³/mol. The van der Waals surface area contributed by atoms with E-state index in [4.69, 9.17) is 14.2 Å². The summed E-state index contributed by atoms with van der Waals surface area (Å²) in [5, 5.41) is 0. The second-order valence-corrected chi connectivity index (χ2v) is 5.99. The van der Waals surface area contributed by atoms with Crippen LogP contribution in [0.2, 0.25) is 0 Å². The molecule has 1 heterocycles. The third-order valence-corrected chi connectivity index (χ3v) is 3.85. The lowest BCUT2D eigenvalue weighted by Crippen LogP contribution is -2.27. The number of hydrogen-bond donors (Lipinski definition) is 0. The van der Waals surface area contributed by atoms with Gasteiger partial charge in [0.1, 0.15) is 6.10 Å². The summed E-state index contributed by atoms with van der Waals surface area (Å²) in [6.45, 7) is 7.43. The summed E-state index contributed by atoms with van der Waals surface area (Å²) in [6, 6.07) is 0. The van der Waals surface area contributed by atoms with Crippen LogP contribution in [0.5, 0.6) is 0 Å². The molecule has 0 bridgehead atoms. The van der Waals surface area contributed by atoms with Crippen molar-refractivity contribution in [2.75, 3.05) is 19.8 Å². The molecular weight excluding hydrogens is 296 g/mol. The van der Waals surface area contributed by atoms with Crippen LogP contribution >= 0.6 is 0 Å². The number of hydrogen-bond acceptors (Lipinski definition) is 5. The molecule has 5 nitrogen and oxygen atoms in total. The molecule has 0 saturated carbocycles. The number of esters is 2. The largest absolute Gasteiger partial charge is 0.465 e. The van der Waals surface area contributed by atoms with Gasteiger partial charge in [0.2, 0.25) is 0 Å². The lowest BCUT2D eigenvalue weighted by atomic mass is 10.1.